The van der Waals surface area contributed by atoms with Gasteiger partial charge in [-0.05, 0) is 37.3 Å². The number of aliphatic hydroxyl groups excluding tert-OH is 1. The second kappa shape index (κ2) is 3.99. The van der Waals surface area contributed by atoms with Gasteiger partial charge in [0.15, 0.2) is 0 Å². The van der Waals surface area contributed by atoms with Gasteiger partial charge < -0.3 is 9.84 Å². The molecule has 1 aromatic carbocycles. The summed E-state index contributed by atoms with van der Waals surface area (Å²) in [5, 5.41) is 10.3. The lowest BCUT2D eigenvalue weighted by molar-refractivity contribution is -0.0328. The maximum absolute atomic E-state index is 10.3. The zero-order valence-electron chi connectivity index (χ0n) is 9.95. The van der Waals surface area contributed by atoms with Crippen LogP contribution in [0, 0.1) is 5.92 Å². The van der Waals surface area contributed by atoms with Crippen LogP contribution in [0.3, 0.4) is 0 Å². The van der Waals surface area contributed by atoms with Crippen molar-refractivity contribution in [3.05, 3.63) is 28.2 Å². The molecule has 92 valence electrons. The second-order valence-corrected chi connectivity index (χ2v) is 6.11. The number of halogens is 1. The number of aliphatic hydroxyl groups is 1. The lowest BCUT2D eigenvalue weighted by Crippen LogP contribution is -2.42. The molecule has 3 rings (SSSR count). The summed E-state index contributed by atoms with van der Waals surface area (Å²) < 4.78 is 7.26. The molecule has 0 aromatic heterocycles. The lowest BCUT2D eigenvalue weighted by atomic mass is 9.83. The van der Waals surface area contributed by atoms with Crippen molar-refractivity contribution in [3.63, 3.8) is 0 Å². The van der Waals surface area contributed by atoms with E-state index in [0.717, 1.165) is 28.6 Å². The molecule has 1 heterocycles. The SMILES string of the molecule is CCC1(C2CC2)C[C@@H](O)c2ccc(Br)cc2O1. The fraction of sp³-hybridized carbons (Fsp3) is 0.571. The maximum Gasteiger partial charge on any atom is 0.127 e. The Hall–Kier alpha value is -0.540. The molecular formula is C14H17BrO2. The molecule has 0 bridgehead atoms. The van der Waals surface area contributed by atoms with E-state index >= 15 is 0 Å². The molecule has 1 aliphatic heterocycles. The van der Waals surface area contributed by atoms with Gasteiger partial charge in [0.25, 0.3) is 0 Å². The van der Waals surface area contributed by atoms with Gasteiger partial charge >= 0.3 is 0 Å². The van der Waals surface area contributed by atoms with Crippen LogP contribution in [-0.4, -0.2) is 10.7 Å². The van der Waals surface area contributed by atoms with E-state index in [1.165, 1.54) is 12.8 Å². The van der Waals surface area contributed by atoms with Gasteiger partial charge in [0.2, 0.25) is 0 Å². The Morgan fingerprint density at radius 2 is 2.24 bits per heavy atom. The molecule has 2 nitrogen and oxygen atoms in total. The molecule has 1 aliphatic carbocycles. The molecule has 17 heavy (non-hydrogen) atoms. The molecule has 0 spiro atoms. The van der Waals surface area contributed by atoms with E-state index in [9.17, 15) is 5.11 Å². The largest absolute Gasteiger partial charge is 0.486 e. The van der Waals surface area contributed by atoms with Crippen molar-refractivity contribution in [2.24, 2.45) is 5.92 Å². The normalized spacial score (nSPS) is 31.8. The minimum Gasteiger partial charge on any atom is -0.486 e. The first-order valence-electron chi connectivity index (χ1n) is 6.31. The summed E-state index contributed by atoms with van der Waals surface area (Å²) >= 11 is 3.46. The van der Waals surface area contributed by atoms with Gasteiger partial charge in [0.05, 0.1) is 6.10 Å². The first-order valence-corrected chi connectivity index (χ1v) is 7.10. The minimum atomic E-state index is -0.382. The van der Waals surface area contributed by atoms with Gasteiger partial charge in [-0.15, -0.1) is 0 Å². The molecular weight excluding hydrogens is 280 g/mol. The Morgan fingerprint density at radius 1 is 1.47 bits per heavy atom. The molecule has 1 unspecified atom stereocenters. The Bertz CT molecular complexity index is 442. The highest BCUT2D eigenvalue weighted by Crippen LogP contribution is 2.52. The van der Waals surface area contributed by atoms with Crippen LogP contribution in [0.5, 0.6) is 5.75 Å². The van der Waals surface area contributed by atoms with Crippen LogP contribution >= 0.6 is 15.9 Å². The maximum atomic E-state index is 10.3. The first kappa shape index (κ1) is 11.5. The number of ether oxygens (including phenoxy) is 1. The third kappa shape index (κ3) is 1.89. The van der Waals surface area contributed by atoms with Crippen molar-refractivity contribution >= 4 is 15.9 Å². The van der Waals surface area contributed by atoms with Crippen LogP contribution in [0.2, 0.25) is 0 Å². The Labute approximate surface area is 110 Å². The van der Waals surface area contributed by atoms with Crippen LogP contribution < -0.4 is 4.74 Å². The average molecular weight is 297 g/mol. The van der Waals surface area contributed by atoms with E-state index in [1.807, 2.05) is 18.2 Å². The van der Waals surface area contributed by atoms with Crippen molar-refractivity contribution in [2.75, 3.05) is 0 Å². The van der Waals surface area contributed by atoms with E-state index in [0.29, 0.717) is 5.92 Å². The second-order valence-electron chi connectivity index (χ2n) is 5.20. The summed E-state index contributed by atoms with van der Waals surface area (Å²) in [5.41, 5.74) is 0.797. The van der Waals surface area contributed by atoms with E-state index in [2.05, 4.69) is 22.9 Å². The summed E-state index contributed by atoms with van der Waals surface area (Å²) in [7, 11) is 0. The zero-order chi connectivity index (χ0) is 12.0. The first-order chi connectivity index (χ1) is 8.14. The third-order valence-electron chi connectivity index (χ3n) is 4.11. The molecule has 0 radical (unpaired) electrons. The predicted octanol–water partition coefficient (Wildman–Crippen LogP) is 3.82. The molecule has 0 saturated heterocycles. The number of rotatable bonds is 2. The minimum absolute atomic E-state index is 0.132. The van der Waals surface area contributed by atoms with Crippen LogP contribution in [0.15, 0.2) is 22.7 Å². The molecule has 0 amide bonds. The van der Waals surface area contributed by atoms with E-state index < -0.39 is 0 Å². The average Bonchev–Trinajstić information content (AvgIpc) is 3.12. The quantitative estimate of drug-likeness (QED) is 0.899. The summed E-state index contributed by atoms with van der Waals surface area (Å²) in [6.45, 7) is 2.16. The van der Waals surface area contributed by atoms with Crippen LogP contribution in [0.1, 0.15) is 44.3 Å². The van der Waals surface area contributed by atoms with E-state index in [-0.39, 0.29) is 11.7 Å². The molecule has 1 aromatic rings. The highest BCUT2D eigenvalue weighted by molar-refractivity contribution is 9.10. The van der Waals surface area contributed by atoms with Gasteiger partial charge in [-0.1, -0.05) is 28.9 Å². The summed E-state index contributed by atoms with van der Waals surface area (Å²) in [6.07, 6.45) is 3.81. The highest BCUT2D eigenvalue weighted by Gasteiger charge is 2.49. The van der Waals surface area contributed by atoms with E-state index in [4.69, 9.17) is 4.74 Å². The van der Waals surface area contributed by atoms with Crippen molar-refractivity contribution in [2.45, 2.75) is 44.3 Å². The molecule has 3 heteroatoms. The Balaban J connectivity index is 2.00. The number of fused-ring (bicyclic) bond motifs is 1. The summed E-state index contributed by atoms with van der Waals surface area (Å²) in [5.74, 6) is 1.49. The standard InChI is InChI=1S/C14H17BrO2/c1-2-14(9-3-4-9)8-12(16)11-6-5-10(15)7-13(11)17-14/h5-7,9,12,16H,2-4,8H2,1H3/t12-,14?/m1/s1. The smallest absolute Gasteiger partial charge is 0.127 e. The summed E-state index contributed by atoms with van der Waals surface area (Å²) in [6, 6.07) is 5.89. The Kier molecular flexibility index (Phi) is 2.71. The Morgan fingerprint density at radius 3 is 2.88 bits per heavy atom. The van der Waals surface area contributed by atoms with Crippen molar-refractivity contribution < 1.29 is 9.84 Å². The fourth-order valence-electron chi connectivity index (χ4n) is 2.93. The topological polar surface area (TPSA) is 29.5 Å². The van der Waals surface area contributed by atoms with Gasteiger partial charge in [-0.3, -0.25) is 0 Å². The van der Waals surface area contributed by atoms with Gasteiger partial charge in [-0.25, -0.2) is 0 Å². The van der Waals surface area contributed by atoms with Crippen LogP contribution in [-0.2, 0) is 0 Å². The van der Waals surface area contributed by atoms with Gasteiger partial charge in [-0.2, -0.15) is 0 Å². The highest BCUT2D eigenvalue weighted by atomic mass is 79.9. The third-order valence-corrected chi connectivity index (χ3v) is 4.60. The molecule has 1 saturated carbocycles. The van der Waals surface area contributed by atoms with Crippen LogP contribution in [0.4, 0.5) is 0 Å². The van der Waals surface area contributed by atoms with E-state index in [1.54, 1.807) is 0 Å². The van der Waals surface area contributed by atoms with Crippen LogP contribution in [0.25, 0.3) is 0 Å². The zero-order valence-corrected chi connectivity index (χ0v) is 11.5. The molecule has 2 atom stereocenters. The van der Waals surface area contributed by atoms with Crippen molar-refractivity contribution in [1.29, 1.82) is 0 Å². The fourth-order valence-corrected chi connectivity index (χ4v) is 3.27. The van der Waals surface area contributed by atoms with Crippen molar-refractivity contribution in [1.82, 2.24) is 0 Å². The molecule has 1 fully saturated rings. The van der Waals surface area contributed by atoms with Gasteiger partial charge in [0.1, 0.15) is 11.4 Å². The predicted molar refractivity (Wildman–Crippen MR) is 70.1 cm³/mol. The molecule has 2 aliphatic rings. The number of benzene rings is 1. The number of hydrogen-bond donors (Lipinski definition) is 1. The summed E-state index contributed by atoms with van der Waals surface area (Å²) in [4.78, 5) is 0. The molecule has 1 N–H and O–H groups in total. The lowest BCUT2D eigenvalue weighted by Gasteiger charge is -2.41. The van der Waals surface area contributed by atoms with Crippen molar-refractivity contribution in [3.8, 4) is 5.75 Å². The monoisotopic (exact) mass is 296 g/mol. The van der Waals surface area contributed by atoms with Gasteiger partial charge in [0, 0.05) is 16.5 Å². The number of hydrogen-bond acceptors (Lipinski definition) is 2.